The number of nitrogens with zero attached hydrogens (tertiary/aromatic N) is 1. The van der Waals surface area contributed by atoms with E-state index in [1.807, 2.05) is 6.07 Å². The molecule has 0 aliphatic carbocycles. The molecule has 0 saturated carbocycles. The molecule has 272 valence electrons. The maximum absolute atomic E-state index is 6.59. The SMILES string of the molecule is c1ccc(-c2c(-c3cccc(-c4ccc(N(c5ccc(-c6ccc7ccccc7c6)cc5)c5cc6ccccc6c6ccccc56)cc4)c3)oc3ccccc23)cc1. The molecular weight excluding hydrogens is 703 g/mol. The second kappa shape index (κ2) is 14.1. The molecule has 1 heterocycles. The third-order valence-corrected chi connectivity index (χ3v) is 11.4. The first kappa shape index (κ1) is 33.6. The van der Waals surface area contributed by atoms with Gasteiger partial charge in [-0.2, -0.15) is 0 Å². The number of hydrogen-bond donors (Lipinski definition) is 0. The van der Waals surface area contributed by atoms with Crippen molar-refractivity contribution in [3.63, 3.8) is 0 Å². The number of benzene rings is 10. The molecule has 0 saturated heterocycles. The smallest absolute Gasteiger partial charge is 0.143 e. The Hall–Kier alpha value is -7.68. The Morgan fingerprint density at radius 2 is 0.828 bits per heavy atom. The van der Waals surface area contributed by atoms with E-state index in [1.165, 1.54) is 43.4 Å². The van der Waals surface area contributed by atoms with E-state index in [0.717, 1.165) is 61.6 Å². The van der Waals surface area contributed by atoms with E-state index >= 15 is 0 Å². The van der Waals surface area contributed by atoms with Crippen molar-refractivity contribution in [1.82, 2.24) is 0 Å². The van der Waals surface area contributed by atoms with Crippen LogP contribution in [0.2, 0.25) is 0 Å². The lowest BCUT2D eigenvalue weighted by Crippen LogP contribution is -2.10. The highest BCUT2D eigenvalue weighted by molar-refractivity contribution is 6.14. The molecule has 0 spiro atoms. The van der Waals surface area contributed by atoms with Crippen molar-refractivity contribution in [1.29, 1.82) is 0 Å². The van der Waals surface area contributed by atoms with Crippen LogP contribution in [0.3, 0.4) is 0 Å². The topological polar surface area (TPSA) is 16.4 Å². The van der Waals surface area contributed by atoms with Crippen LogP contribution in [0.15, 0.2) is 229 Å². The lowest BCUT2D eigenvalue weighted by atomic mass is 9.96. The van der Waals surface area contributed by atoms with E-state index in [9.17, 15) is 0 Å². The summed E-state index contributed by atoms with van der Waals surface area (Å²) in [5.41, 5.74) is 12.2. The number of furan rings is 1. The first-order valence-corrected chi connectivity index (χ1v) is 19.8. The van der Waals surface area contributed by atoms with Crippen LogP contribution >= 0.6 is 0 Å². The van der Waals surface area contributed by atoms with Crippen LogP contribution in [0, 0.1) is 0 Å². The summed E-state index contributed by atoms with van der Waals surface area (Å²) < 4.78 is 6.59. The molecule has 2 heteroatoms. The van der Waals surface area contributed by atoms with Crippen LogP contribution in [0.1, 0.15) is 0 Å². The van der Waals surface area contributed by atoms with Crippen LogP contribution in [-0.2, 0) is 0 Å². The van der Waals surface area contributed by atoms with Gasteiger partial charge in [-0.05, 0) is 103 Å². The monoisotopic (exact) mass is 739 g/mol. The third kappa shape index (κ3) is 5.91. The molecule has 0 bridgehead atoms. The van der Waals surface area contributed by atoms with Gasteiger partial charge in [0.05, 0.1) is 5.69 Å². The predicted molar refractivity (Wildman–Crippen MR) is 245 cm³/mol. The van der Waals surface area contributed by atoms with Gasteiger partial charge in [-0.25, -0.2) is 0 Å². The van der Waals surface area contributed by atoms with Crippen LogP contribution in [0.4, 0.5) is 17.1 Å². The number of hydrogen-bond acceptors (Lipinski definition) is 2. The summed E-state index contributed by atoms with van der Waals surface area (Å²) in [5.74, 6) is 0.882. The van der Waals surface area contributed by atoms with Gasteiger partial charge in [0.1, 0.15) is 11.3 Å². The first-order chi connectivity index (χ1) is 28.7. The van der Waals surface area contributed by atoms with Gasteiger partial charge >= 0.3 is 0 Å². The molecule has 58 heavy (non-hydrogen) atoms. The summed E-state index contributed by atoms with van der Waals surface area (Å²) in [6.07, 6.45) is 0. The lowest BCUT2D eigenvalue weighted by molar-refractivity contribution is 0.632. The van der Waals surface area contributed by atoms with E-state index in [-0.39, 0.29) is 0 Å². The fourth-order valence-corrected chi connectivity index (χ4v) is 8.60. The summed E-state index contributed by atoms with van der Waals surface area (Å²) in [7, 11) is 0. The maximum Gasteiger partial charge on any atom is 0.143 e. The van der Waals surface area contributed by atoms with Crippen LogP contribution in [0.25, 0.3) is 88.0 Å². The minimum absolute atomic E-state index is 0.882. The standard InChI is InChI=1S/C56H37NO/c1-2-14-41(15-3-1)55-52-23-10-11-24-54(52)58-56(55)46-19-12-18-43(36-46)39-27-31-47(32-28-39)57(53-37-45-17-6-7-20-49(45)50-21-8-9-22-51(50)53)48-33-29-40(30-34-48)44-26-25-38-13-4-5-16-42(38)35-44/h1-37H. The second-order valence-corrected chi connectivity index (χ2v) is 14.9. The Morgan fingerprint density at radius 1 is 0.293 bits per heavy atom. The van der Waals surface area contributed by atoms with E-state index in [2.05, 4.69) is 223 Å². The fraction of sp³-hybridized carbons (Fsp3) is 0. The molecule has 0 fully saturated rings. The van der Waals surface area contributed by atoms with Crippen molar-refractivity contribution in [2.45, 2.75) is 0 Å². The maximum atomic E-state index is 6.59. The largest absolute Gasteiger partial charge is 0.455 e. The van der Waals surface area contributed by atoms with Gasteiger partial charge in [-0.15, -0.1) is 0 Å². The highest BCUT2D eigenvalue weighted by Crippen LogP contribution is 2.44. The number of anilines is 3. The molecule has 0 amide bonds. The van der Waals surface area contributed by atoms with Gasteiger partial charge in [0.15, 0.2) is 0 Å². The van der Waals surface area contributed by atoms with Crippen molar-refractivity contribution in [3.05, 3.63) is 224 Å². The Balaban J connectivity index is 1.02. The molecule has 1 aromatic heterocycles. The van der Waals surface area contributed by atoms with Crippen LogP contribution in [-0.4, -0.2) is 0 Å². The average Bonchev–Trinajstić information content (AvgIpc) is 3.70. The molecule has 0 atom stereocenters. The molecule has 11 aromatic rings. The molecule has 11 rings (SSSR count). The number of rotatable bonds is 7. The van der Waals surface area contributed by atoms with Crippen molar-refractivity contribution in [2.24, 2.45) is 0 Å². The predicted octanol–water partition coefficient (Wildman–Crippen LogP) is 16.0. The first-order valence-electron chi connectivity index (χ1n) is 19.8. The van der Waals surface area contributed by atoms with E-state index < -0.39 is 0 Å². The van der Waals surface area contributed by atoms with Gasteiger partial charge in [-0.1, -0.05) is 176 Å². The molecule has 0 aliphatic heterocycles. The fourth-order valence-electron chi connectivity index (χ4n) is 8.60. The molecular formula is C56H37NO. The quantitative estimate of drug-likeness (QED) is 0.151. The molecule has 0 radical (unpaired) electrons. The zero-order chi connectivity index (χ0) is 38.4. The summed E-state index contributed by atoms with van der Waals surface area (Å²) in [5, 5.41) is 8.52. The van der Waals surface area contributed by atoms with E-state index in [0.29, 0.717) is 0 Å². The van der Waals surface area contributed by atoms with Crippen molar-refractivity contribution < 1.29 is 4.42 Å². The minimum Gasteiger partial charge on any atom is -0.455 e. The molecule has 10 aromatic carbocycles. The highest BCUT2D eigenvalue weighted by Gasteiger charge is 2.20. The van der Waals surface area contributed by atoms with Crippen LogP contribution in [0.5, 0.6) is 0 Å². The van der Waals surface area contributed by atoms with Crippen molar-refractivity contribution in [3.8, 4) is 44.7 Å². The Bertz CT molecular complexity index is 3270. The second-order valence-electron chi connectivity index (χ2n) is 14.9. The van der Waals surface area contributed by atoms with E-state index in [4.69, 9.17) is 4.42 Å². The van der Waals surface area contributed by atoms with Crippen LogP contribution < -0.4 is 4.90 Å². The average molecular weight is 740 g/mol. The minimum atomic E-state index is 0.882. The highest BCUT2D eigenvalue weighted by atomic mass is 16.3. The summed E-state index contributed by atoms with van der Waals surface area (Å²) >= 11 is 0. The van der Waals surface area contributed by atoms with Gasteiger partial charge in [0.2, 0.25) is 0 Å². The van der Waals surface area contributed by atoms with Gasteiger partial charge < -0.3 is 9.32 Å². The zero-order valence-electron chi connectivity index (χ0n) is 31.7. The van der Waals surface area contributed by atoms with Crippen molar-refractivity contribution in [2.75, 3.05) is 4.90 Å². The van der Waals surface area contributed by atoms with Gasteiger partial charge in [0.25, 0.3) is 0 Å². The molecule has 2 nitrogen and oxygen atoms in total. The summed E-state index contributed by atoms with van der Waals surface area (Å²) in [6.45, 7) is 0. The molecule has 0 aliphatic rings. The molecule has 0 N–H and O–H groups in total. The number of fused-ring (bicyclic) bond motifs is 5. The lowest BCUT2D eigenvalue weighted by Gasteiger charge is -2.28. The third-order valence-electron chi connectivity index (χ3n) is 11.4. The normalized spacial score (nSPS) is 11.4. The Kier molecular flexibility index (Phi) is 8.19. The van der Waals surface area contributed by atoms with Crippen molar-refractivity contribution >= 4 is 60.3 Å². The van der Waals surface area contributed by atoms with Gasteiger partial charge in [-0.3, -0.25) is 0 Å². The molecule has 0 unspecified atom stereocenters. The zero-order valence-corrected chi connectivity index (χ0v) is 31.7. The summed E-state index contributed by atoms with van der Waals surface area (Å²) in [6, 6.07) is 80.6. The van der Waals surface area contributed by atoms with Gasteiger partial charge in [0, 0.05) is 33.3 Å². The summed E-state index contributed by atoms with van der Waals surface area (Å²) in [4.78, 5) is 2.40. The van der Waals surface area contributed by atoms with E-state index in [1.54, 1.807) is 0 Å². The Morgan fingerprint density at radius 3 is 1.57 bits per heavy atom. The Labute approximate surface area is 337 Å². The number of para-hydroxylation sites is 1.